The molecule has 2 aliphatic rings. The molecular formula is C49H43Cl2F2N3O7. The van der Waals surface area contributed by atoms with Gasteiger partial charge >= 0.3 is 5.97 Å². The topological polar surface area (TPSA) is 140 Å². The van der Waals surface area contributed by atoms with Crippen molar-refractivity contribution >= 4 is 46.6 Å². The Morgan fingerprint density at radius 3 is 2.24 bits per heavy atom. The second kappa shape index (κ2) is 19.2. The van der Waals surface area contributed by atoms with Gasteiger partial charge in [0.05, 0.1) is 10.0 Å². The van der Waals surface area contributed by atoms with Gasteiger partial charge in [0.25, 0.3) is 5.91 Å². The molecule has 324 valence electrons. The molecule has 4 N–H and O–H groups in total. The summed E-state index contributed by atoms with van der Waals surface area (Å²) in [7, 11) is 0. The highest BCUT2D eigenvalue weighted by Crippen LogP contribution is 2.41. The number of nitrogens with one attached hydrogen (secondary N) is 1. The number of carbonyl (C=O) groups is 3. The summed E-state index contributed by atoms with van der Waals surface area (Å²) in [4.78, 5) is 42.0. The number of allylic oxidation sites excluding steroid dienone is 5. The third kappa shape index (κ3) is 10.4. The van der Waals surface area contributed by atoms with Crippen molar-refractivity contribution in [1.29, 1.82) is 0 Å². The molecule has 2 heterocycles. The number of hydrogen-bond acceptors (Lipinski definition) is 7. The van der Waals surface area contributed by atoms with E-state index in [9.17, 15) is 28.3 Å². The van der Waals surface area contributed by atoms with Crippen LogP contribution in [0.1, 0.15) is 63.7 Å². The molecule has 3 atom stereocenters. The largest absolute Gasteiger partial charge is 0.489 e. The molecular weight excluding hydrogens is 851 g/mol. The number of amides is 2. The van der Waals surface area contributed by atoms with Gasteiger partial charge < -0.3 is 35.3 Å². The number of halogens is 4. The fourth-order valence-corrected chi connectivity index (χ4v) is 7.79. The van der Waals surface area contributed by atoms with E-state index in [-0.39, 0.29) is 38.2 Å². The quantitative estimate of drug-likeness (QED) is 0.0994. The van der Waals surface area contributed by atoms with Crippen LogP contribution in [0.2, 0.25) is 10.0 Å². The lowest BCUT2D eigenvalue weighted by Gasteiger charge is -2.37. The Balaban J connectivity index is 1.10. The van der Waals surface area contributed by atoms with E-state index in [1.807, 2.05) is 55.5 Å². The van der Waals surface area contributed by atoms with Crippen molar-refractivity contribution < 1.29 is 42.5 Å². The van der Waals surface area contributed by atoms with Crippen LogP contribution >= 0.6 is 23.2 Å². The van der Waals surface area contributed by atoms with Gasteiger partial charge in [-0.1, -0.05) is 84.4 Å². The summed E-state index contributed by atoms with van der Waals surface area (Å²) in [6, 6.07) is 23.1. The maximum Gasteiger partial charge on any atom is 0.326 e. The lowest BCUT2D eigenvalue weighted by molar-refractivity contribution is -0.142. The van der Waals surface area contributed by atoms with Crippen LogP contribution in [-0.4, -0.2) is 46.5 Å². The Morgan fingerprint density at radius 1 is 0.905 bits per heavy atom. The van der Waals surface area contributed by atoms with Crippen LogP contribution in [0.25, 0.3) is 5.57 Å². The third-order valence-electron chi connectivity index (χ3n) is 11.0. The van der Waals surface area contributed by atoms with E-state index in [1.54, 1.807) is 49.4 Å². The van der Waals surface area contributed by atoms with Gasteiger partial charge in [-0.15, -0.1) is 0 Å². The van der Waals surface area contributed by atoms with E-state index in [4.69, 9.17) is 43.1 Å². The molecule has 2 aliphatic heterocycles. The number of rotatable bonds is 13. The highest BCUT2D eigenvalue weighted by atomic mass is 35.5. The Hall–Kier alpha value is -6.63. The molecule has 14 heteroatoms. The van der Waals surface area contributed by atoms with Gasteiger partial charge in [0.1, 0.15) is 42.7 Å². The first kappa shape index (κ1) is 44.4. The summed E-state index contributed by atoms with van der Waals surface area (Å²) in [6.45, 7) is 7.77. The predicted octanol–water partition coefficient (Wildman–Crippen LogP) is 9.56. The van der Waals surface area contributed by atoms with E-state index >= 15 is 0 Å². The number of carboxylic acids is 1. The number of ether oxygens (including phenoxy) is 3. The number of nitrogens with two attached hydrogens (primary N) is 1. The Labute approximate surface area is 373 Å². The predicted molar refractivity (Wildman–Crippen MR) is 237 cm³/mol. The Kier molecular flexibility index (Phi) is 13.5. The van der Waals surface area contributed by atoms with Crippen LogP contribution in [0.3, 0.4) is 0 Å². The highest BCUT2D eigenvalue weighted by Gasteiger charge is 2.38. The van der Waals surface area contributed by atoms with Gasteiger partial charge in [-0.2, -0.15) is 0 Å². The summed E-state index contributed by atoms with van der Waals surface area (Å²) in [5.74, 6) is -3.38. The van der Waals surface area contributed by atoms with Crippen molar-refractivity contribution in [3.8, 4) is 17.2 Å². The standard InChI is InChI=1S/C49H43Cl2F2N3O7/c1-4-5-39(27(2)28(3)54)31-9-6-29(7-10-31)17-42(49(59)60)55-47(57)43-20-33-21-44-45(22-35(33)24-56(43)48(58)34-18-36(52)23-37(53)19-34)63-46(26-62-44)32-11-13-38(14-12-32)61-25-30-8-15-40(50)41(51)16-30/h4-16,18-19,21-23,42-43,46H,1,17,20,24-26,54H2,2-3H3,(H,55,57)(H,59,60)/b28-27-,39-5+/t42-,43-,46+/m0/s1. The van der Waals surface area contributed by atoms with Gasteiger partial charge in [0, 0.05) is 36.7 Å². The second-order valence-electron chi connectivity index (χ2n) is 15.3. The van der Waals surface area contributed by atoms with E-state index in [0.717, 1.165) is 40.0 Å². The van der Waals surface area contributed by atoms with Crippen molar-refractivity contribution in [1.82, 2.24) is 10.2 Å². The lowest BCUT2D eigenvalue weighted by atomic mass is 9.91. The number of carbonyl (C=O) groups excluding carboxylic acids is 2. The molecule has 10 nitrogen and oxygen atoms in total. The molecule has 2 amide bonds. The molecule has 0 saturated heterocycles. The first-order valence-corrected chi connectivity index (χ1v) is 20.7. The van der Waals surface area contributed by atoms with Gasteiger partial charge in [0.2, 0.25) is 5.91 Å². The zero-order valence-corrected chi connectivity index (χ0v) is 35.8. The van der Waals surface area contributed by atoms with Crippen molar-refractivity contribution in [2.24, 2.45) is 5.73 Å². The first-order chi connectivity index (χ1) is 30.2. The van der Waals surface area contributed by atoms with Crippen molar-refractivity contribution in [3.63, 3.8) is 0 Å². The molecule has 0 aromatic heterocycles. The van der Waals surface area contributed by atoms with Gasteiger partial charge in [-0.3, -0.25) is 9.59 Å². The summed E-state index contributed by atoms with van der Waals surface area (Å²) < 4.78 is 47.3. The summed E-state index contributed by atoms with van der Waals surface area (Å²) in [6.07, 6.45) is 2.86. The minimum atomic E-state index is -1.38. The van der Waals surface area contributed by atoms with Gasteiger partial charge in [-0.05, 0) is 107 Å². The maximum atomic E-state index is 14.4. The molecule has 0 unspecified atom stereocenters. The highest BCUT2D eigenvalue weighted by molar-refractivity contribution is 6.42. The number of nitrogens with zero attached hydrogens (tertiary/aromatic N) is 1. The summed E-state index contributed by atoms with van der Waals surface area (Å²) in [5.41, 5.74) is 12.5. The van der Waals surface area contributed by atoms with E-state index in [1.165, 1.54) is 4.90 Å². The van der Waals surface area contributed by atoms with E-state index < -0.39 is 47.6 Å². The number of aliphatic carboxylic acids is 1. The van der Waals surface area contributed by atoms with Gasteiger partial charge in [-0.25, -0.2) is 13.6 Å². The fourth-order valence-electron chi connectivity index (χ4n) is 7.47. The average molecular weight is 895 g/mol. The lowest BCUT2D eigenvalue weighted by Crippen LogP contribution is -2.56. The number of hydrogen-bond donors (Lipinski definition) is 3. The minimum Gasteiger partial charge on any atom is -0.489 e. The molecule has 0 saturated carbocycles. The minimum absolute atomic E-state index is 0.0542. The molecule has 0 radical (unpaired) electrons. The van der Waals surface area contributed by atoms with Crippen molar-refractivity contribution in [3.05, 3.63) is 188 Å². The number of carboxylic acid groups (broad SMARTS) is 1. The molecule has 0 fully saturated rings. The molecule has 0 bridgehead atoms. The third-order valence-corrected chi connectivity index (χ3v) is 11.7. The fraction of sp³-hybridized carbons (Fsp3) is 0.204. The summed E-state index contributed by atoms with van der Waals surface area (Å²) in [5, 5.41) is 13.8. The molecule has 5 aromatic carbocycles. The van der Waals surface area contributed by atoms with Crippen LogP contribution in [0.4, 0.5) is 8.78 Å². The van der Waals surface area contributed by atoms with E-state index in [2.05, 4.69) is 11.9 Å². The summed E-state index contributed by atoms with van der Waals surface area (Å²) >= 11 is 12.2. The monoisotopic (exact) mass is 893 g/mol. The average Bonchev–Trinajstić information content (AvgIpc) is 3.26. The molecule has 0 spiro atoms. The van der Waals surface area contributed by atoms with Crippen LogP contribution in [0.5, 0.6) is 17.2 Å². The molecule has 5 aromatic rings. The molecule has 63 heavy (non-hydrogen) atoms. The second-order valence-corrected chi connectivity index (χ2v) is 16.1. The Bertz CT molecular complexity index is 2630. The van der Waals surface area contributed by atoms with Gasteiger partial charge in [0.15, 0.2) is 17.6 Å². The van der Waals surface area contributed by atoms with Crippen molar-refractivity contribution in [2.45, 2.75) is 58.0 Å². The number of fused-ring (bicyclic) bond motifs is 2. The van der Waals surface area contributed by atoms with Crippen LogP contribution in [0, 0.1) is 11.6 Å². The normalized spacial score (nSPS) is 16.6. The van der Waals surface area contributed by atoms with Crippen molar-refractivity contribution in [2.75, 3.05) is 6.61 Å². The smallest absolute Gasteiger partial charge is 0.326 e. The molecule has 0 aliphatic carbocycles. The Morgan fingerprint density at radius 2 is 1.59 bits per heavy atom. The molecule has 7 rings (SSSR count). The first-order valence-electron chi connectivity index (χ1n) is 19.9. The van der Waals surface area contributed by atoms with Crippen LogP contribution in [-0.2, 0) is 35.6 Å². The van der Waals surface area contributed by atoms with Crippen LogP contribution in [0.15, 0.2) is 127 Å². The SMILES string of the molecule is C=C/C=C(\C(C)=C(\C)N)c1ccc(C[C@H](NC(=O)[C@@H]2Cc3cc4c(cc3CN2C(=O)c2cc(F)cc(F)c2)O[C@@H](c2ccc(OCc3ccc(Cl)c(Cl)c3)cc2)CO4)C(=O)O)cc1. The van der Waals surface area contributed by atoms with E-state index in [0.29, 0.717) is 55.7 Å². The zero-order valence-electron chi connectivity index (χ0n) is 34.3. The zero-order chi connectivity index (χ0) is 44.9. The number of benzene rings is 5. The maximum absolute atomic E-state index is 14.4. The van der Waals surface area contributed by atoms with Crippen LogP contribution < -0.4 is 25.3 Å².